The zero-order chi connectivity index (χ0) is 15.5. The number of aromatic nitrogens is 2. The average molecular weight is 294 g/mol. The lowest BCUT2D eigenvalue weighted by atomic mass is 10.1. The minimum atomic E-state index is -0.463. The molecule has 6 nitrogen and oxygen atoms in total. The highest BCUT2D eigenvalue weighted by Gasteiger charge is 2.24. The van der Waals surface area contributed by atoms with E-state index in [-0.39, 0.29) is 24.1 Å². The Morgan fingerprint density at radius 1 is 1.41 bits per heavy atom. The van der Waals surface area contributed by atoms with Gasteiger partial charge < -0.3 is 5.32 Å². The number of nitrogens with one attached hydrogen (secondary N) is 1. The SMILES string of the molecule is N#Cc1ccc(-c2cccnc2)n(CC(=O)NC2CC2)c1=O. The molecular weight excluding hydrogens is 280 g/mol. The lowest BCUT2D eigenvalue weighted by Crippen LogP contribution is -2.34. The van der Waals surface area contributed by atoms with E-state index in [9.17, 15) is 9.59 Å². The summed E-state index contributed by atoms with van der Waals surface area (Å²) in [6.45, 7) is -0.102. The van der Waals surface area contributed by atoms with Crippen LogP contribution in [0.25, 0.3) is 11.3 Å². The van der Waals surface area contributed by atoms with Gasteiger partial charge in [-0.25, -0.2) is 0 Å². The van der Waals surface area contributed by atoms with E-state index in [1.54, 1.807) is 24.5 Å². The molecule has 22 heavy (non-hydrogen) atoms. The molecule has 0 atom stereocenters. The second-order valence-electron chi connectivity index (χ2n) is 5.22. The number of nitriles is 1. The molecule has 6 heteroatoms. The maximum absolute atomic E-state index is 12.4. The molecule has 1 N–H and O–H groups in total. The summed E-state index contributed by atoms with van der Waals surface area (Å²) in [5.74, 6) is -0.218. The Kier molecular flexibility index (Phi) is 3.71. The summed E-state index contributed by atoms with van der Waals surface area (Å²) in [6.07, 6.45) is 5.22. The van der Waals surface area contributed by atoms with Crippen LogP contribution in [0.4, 0.5) is 0 Å². The number of pyridine rings is 2. The molecule has 2 heterocycles. The van der Waals surface area contributed by atoms with Crippen molar-refractivity contribution >= 4 is 5.91 Å². The third-order valence-electron chi connectivity index (χ3n) is 3.50. The summed E-state index contributed by atoms with van der Waals surface area (Å²) >= 11 is 0. The summed E-state index contributed by atoms with van der Waals surface area (Å²) in [5, 5.41) is 11.9. The van der Waals surface area contributed by atoms with Gasteiger partial charge in [0.15, 0.2) is 0 Å². The lowest BCUT2D eigenvalue weighted by molar-refractivity contribution is -0.121. The molecule has 1 aliphatic carbocycles. The first-order chi connectivity index (χ1) is 10.7. The highest BCUT2D eigenvalue weighted by Crippen LogP contribution is 2.19. The van der Waals surface area contributed by atoms with Crippen LogP contribution in [-0.2, 0) is 11.3 Å². The number of carbonyl (C=O) groups excluding carboxylic acids is 1. The van der Waals surface area contributed by atoms with Gasteiger partial charge >= 0.3 is 0 Å². The summed E-state index contributed by atoms with van der Waals surface area (Å²) in [6, 6.07) is 8.79. The molecule has 2 aromatic rings. The highest BCUT2D eigenvalue weighted by atomic mass is 16.2. The van der Waals surface area contributed by atoms with Gasteiger partial charge in [0.1, 0.15) is 18.2 Å². The first-order valence-electron chi connectivity index (χ1n) is 7.03. The third-order valence-corrected chi connectivity index (χ3v) is 3.50. The van der Waals surface area contributed by atoms with Crippen molar-refractivity contribution in [1.82, 2.24) is 14.9 Å². The van der Waals surface area contributed by atoms with Gasteiger partial charge in [-0.2, -0.15) is 5.26 Å². The molecule has 3 rings (SSSR count). The van der Waals surface area contributed by atoms with E-state index in [4.69, 9.17) is 5.26 Å². The van der Waals surface area contributed by atoms with Crippen LogP contribution < -0.4 is 10.9 Å². The quantitative estimate of drug-likeness (QED) is 0.913. The second-order valence-corrected chi connectivity index (χ2v) is 5.22. The van der Waals surface area contributed by atoms with Crippen LogP contribution in [-0.4, -0.2) is 21.5 Å². The van der Waals surface area contributed by atoms with Gasteiger partial charge in [0.05, 0.1) is 5.69 Å². The number of nitrogens with zero attached hydrogens (tertiary/aromatic N) is 3. The van der Waals surface area contributed by atoms with Crippen molar-refractivity contribution in [2.45, 2.75) is 25.4 Å². The largest absolute Gasteiger partial charge is 0.352 e. The molecule has 1 aliphatic rings. The Labute approximate surface area is 127 Å². The molecule has 0 aliphatic heterocycles. The maximum atomic E-state index is 12.4. The van der Waals surface area contributed by atoms with Crippen LogP contribution in [0, 0.1) is 11.3 Å². The molecular formula is C16H14N4O2. The number of amides is 1. The summed E-state index contributed by atoms with van der Waals surface area (Å²) in [5.41, 5.74) is 0.855. The standard InChI is InChI=1S/C16H14N4O2/c17-8-11-3-6-14(12-2-1-7-18-9-12)20(16(11)22)10-15(21)19-13-4-5-13/h1-3,6-7,9,13H,4-5,10H2,(H,19,21). The molecule has 1 saturated carbocycles. The summed E-state index contributed by atoms with van der Waals surface area (Å²) in [4.78, 5) is 28.4. The number of carbonyl (C=O) groups is 1. The van der Waals surface area contributed by atoms with E-state index in [0.29, 0.717) is 5.69 Å². The van der Waals surface area contributed by atoms with Gasteiger partial charge in [0.2, 0.25) is 5.91 Å². The van der Waals surface area contributed by atoms with Crippen molar-refractivity contribution in [2.75, 3.05) is 0 Å². The monoisotopic (exact) mass is 294 g/mol. The summed E-state index contributed by atoms with van der Waals surface area (Å²) in [7, 11) is 0. The molecule has 0 unspecified atom stereocenters. The summed E-state index contributed by atoms with van der Waals surface area (Å²) < 4.78 is 1.33. The number of hydrogen-bond donors (Lipinski definition) is 1. The molecule has 0 spiro atoms. The molecule has 0 aromatic carbocycles. The van der Waals surface area contributed by atoms with Crippen LogP contribution in [0.5, 0.6) is 0 Å². The zero-order valence-electron chi connectivity index (χ0n) is 11.8. The van der Waals surface area contributed by atoms with Crippen molar-refractivity contribution in [3.63, 3.8) is 0 Å². The highest BCUT2D eigenvalue weighted by molar-refractivity contribution is 5.77. The van der Waals surface area contributed by atoms with Gasteiger partial charge in [-0.05, 0) is 37.1 Å². The first-order valence-corrected chi connectivity index (χ1v) is 7.03. The maximum Gasteiger partial charge on any atom is 0.269 e. The fourth-order valence-corrected chi connectivity index (χ4v) is 2.23. The van der Waals surface area contributed by atoms with Gasteiger partial charge in [0.25, 0.3) is 5.56 Å². The van der Waals surface area contributed by atoms with Crippen LogP contribution in [0.3, 0.4) is 0 Å². The first kappa shape index (κ1) is 14.0. The Balaban J connectivity index is 2.02. The minimum absolute atomic E-state index is 0.0202. The molecule has 1 fully saturated rings. The Hall–Kier alpha value is -2.94. The van der Waals surface area contributed by atoms with Crippen LogP contribution >= 0.6 is 0 Å². The average Bonchev–Trinajstić information content (AvgIpc) is 3.34. The van der Waals surface area contributed by atoms with Gasteiger partial charge in [-0.3, -0.25) is 19.1 Å². The number of rotatable bonds is 4. The van der Waals surface area contributed by atoms with Crippen molar-refractivity contribution in [3.8, 4) is 17.3 Å². The predicted octanol–water partition coefficient (Wildman–Crippen LogP) is 1.06. The Morgan fingerprint density at radius 3 is 2.86 bits per heavy atom. The lowest BCUT2D eigenvalue weighted by Gasteiger charge is -2.13. The Bertz CT molecular complexity index is 801. The van der Waals surface area contributed by atoms with Crippen LogP contribution in [0.15, 0.2) is 41.5 Å². The fraction of sp³-hybridized carbons (Fsp3) is 0.250. The molecule has 0 bridgehead atoms. The molecule has 110 valence electrons. The van der Waals surface area contributed by atoms with Gasteiger partial charge in [0, 0.05) is 24.0 Å². The fourth-order valence-electron chi connectivity index (χ4n) is 2.23. The van der Waals surface area contributed by atoms with Crippen LogP contribution in [0.2, 0.25) is 0 Å². The Morgan fingerprint density at radius 2 is 2.23 bits per heavy atom. The van der Waals surface area contributed by atoms with Gasteiger partial charge in [-0.1, -0.05) is 0 Å². The van der Waals surface area contributed by atoms with E-state index >= 15 is 0 Å². The van der Waals surface area contributed by atoms with Crippen molar-refractivity contribution < 1.29 is 4.79 Å². The molecule has 2 aromatic heterocycles. The smallest absolute Gasteiger partial charge is 0.269 e. The topological polar surface area (TPSA) is 87.8 Å². The normalized spacial score (nSPS) is 13.4. The van der Waals surface area contributed by atoms with E-state index in [1.807, 2.05) is 12.1 Å². The third kappa shape index (κ3) is 2.88. The van der Waals surface area contributed by atoms with Crippen molar-refractivity contribution in [1.29, 1.82) is 5.26 Å². The van der Waals surface area contributed by atoms with E-state index in [2.05, 4.69) is 10.3 Å². The zero-order valence-corrected chi connectivity index (χ0v) is 11.8. The van der Waals surface area contributed by atoms with E-state index < -0.39 is 5.56 Å². The molecule has 1 amide bonds. The van der Waals surface area contributed by atoms with E-state index in [0.717, 1.165) is 18.4 Å². The number of hydrogen-bond acceptors (Lipinski definition) is 4. The van der Waals surface area contributed by atoms with Gasteiger partial charge in [-0.15, -0.1) is 0 Å². The molecule has 0 saturated heterocycles. The van der Waals surface area contributed by atoms with Crippen molar-refractivity contribution in [3.05, 3.63) is 52.6 Å². The van der Waals surface area contributed by atoms with Crippen LogP contribution in [0.1, 0.15) is 18.4 Å². The van der Waals surface area contributed by atoms with E-state index in [1.165, 1.54) is 10.6 Å². The van der Waals surface area contributed by atoms with Crippen molar-refractivity contribution in [2.24, 2.45) is 0 Å². The minimum Gasteiger partial charge on any atom is -0.352 e. The predicted molar refractivity (Wildman–Crippen MR) is 79.8 cm³/mol. The molecule has 0 radical (unpaired) electrons. The second kappa shape index (κ2) is 5.82.